The number of rotatable bonds is 12. The van der Waals surface area contributed by atoms with Gasteiger partial charge >= 0.3 is 23.9 Å². The number of hydrogen-bond donors (Lipinski definition) is 8. The topological polar surface area (TPSA) is 197 Å². The first-order chi connectivity index (χ1) is 22.7. The molecule has 48 heavy (non-hydrogen) atoms. The second-order valence-corrected chi connectivity index (χ2v) is 14.9. The minimum absolute atomic E-state index is 0.00291. The van der Waals surface area contributed by atoms with Crippen LogP contribution in [0, 0.1) is 11.8 Å². The minimum Gasteiger partial charge on any atom is -0.481 e. The predicted octanol–water partition coefficient (Wildman–Crippen LogP) is 3.58. The largest absolute Gasteiger partial charge is 0.481 e. The zero-order chi connectivity index (χ0) is 34.9. The highest BCUT2D eigenvalue weighted by atomic mass is 16.4. The number of fused-ring (bicyclic) bond motifs is 8. The maximum atomic E-state index is 11.7. The molecule has 5 rings (SSSR count). The van der Waals surface area contributed by atoms with Crippen molar-refractivity contribution in [3.05, 3.63) is 33.4 Å². The zero-order valence-corrected chi connectivity index (χ0v) is 28.7. The molecule has 12 nitrogen and oxygen atoms in total. The van der Waals surface area contributed by atoms with Crippen LogP contribution in [-0.2, 0) is 19.2 Å². The summed E-state index contributed by atoms with van der Waals surface area (Å²) in [4.78, 5) is 46.7. The molecule has 2 fully saturated rings. The van der Waals surface area contributed by atoms with Crippen molar-refractivity contribution in [1.29, 1.82) is 0 Å². The molecule has 0 aromatic carbocycles. The lowest BCUT2D eigenvalue weighted by atomic mass is 9.80. The Balaban J connectivity index is 1.53. The molecule has 5 aliphatic heterocycles. The standard InChI is InChI=1S/C36H54N4O8/c1-17-21(5-9-33(41)42)29-14-27-19(3)22(6-10-34(43)44)30(39-27)15-28-20(4)24(8-12-36(47)48)32(40-28)16-31-23(7-11-35(45)46)18(2)26(38-31)13-25(17)37-29/h18,23,25-32,37-40H,5-16H2,1-4H3,(H,41,42)(H,43,44)(H,45,46)(H,47,48). The Labute approximate surface area is 282 Å². The van der Waals surface area contributed by atoms with Crippen molar-refractivity contribution in [1.82, 2.24) is 21.3 Å². The molecule has 0 spiro atoms. The van der Waals surface area contributed by atoms with Crippen LogP contribution in [0.3, 0.4) is 0 Å². The van der Waals surface area contributed by atoms with Crippen molar-refractivity contribution in [2.24, 2.45) is 11.8 Å². The smallest absolute Gasteiger partial charge is 0.303 e. The molecule has 5 heterocycles. The van der Waals surface area contributed by atoms with Gasteiger partial charge in [0.2, 0.25) is 0 Å². The van der Waals surface area contributed by atoms with Crippen molar-refractivity contribution in [3.63, 3.8) is 0 Å². The van der Waals surface area contributed by atoms with Gasteiger partial charge < -0.3 is 41.7 Å². The molecule has 0 aromatic heterocycles. The van der Waals surface area contributed by atoms with E-state index < -0.39 is 23.9 Å². The SMILES string of the molecule is CC1=C(CCC(=O)O)C2CC3NC(CC4NC(CC5NC(CC1N2)C(CCC(=O)O)=C5C)C(C)C4CCC(=O)O)C(CCC(=O)O)=C3C. The molecule has 10 atom stereocenters. The Morgan fingerprint density at radius 1 is 0.521 bits per heavy atom. The lowest BCUT2D eigenvalue weighted by Crippen LogP contribution is -2.46. The third-order valence-electron chi connectivity index (χ3n) is 12.2. The third kappa shape index (κ3) is 8.04. The fourth-order valence-corrected chi connectivity index (χ4v) is 9.58. The van der Waals surface area contributed by atoms with Crippen LogP contribution in [0.1, 0.15) is 105 Å². The molecule has 0 radical (unpaired) electrons. The molecular weight excluding hydrogens is 616 g/mol. The molecule has 8 bridgehead atoms. The maximum Gasteiger partial charge on any atom is 0.303 e. The lowest BCUT2D eigenvalue weighted by molar-refractivity contribution is -0.138. The van der Waals surface area contributed by atoms with Gasteiger partial charge in [0.15, 0.2) is 0 Å². The highest BCUT2D eigenvalue weighted by Crippen LogP contribution is 2.42. The molecule has 10 unspecified atom stereocenters. The van der Waals surface area contributed by atoms with E-state index in [0.29, 0.717) is 32.1 Å². The summed E-state index contributed by atoms with van der Waals surface area (Å²) in [5.74, 6) is -2.98. The fraction of sp³-hybridized carbons (Fsp3) is 0.722. The second kappa shape index (κ2) is 15.2. The summed E-state index contributed by atoms with van der Waals surface area (Å²) in [7, 11) is 0. The Kier molecular flexibility index (Phi) is 11.5. The first kappa shape index (κ1) is 36.2. The van der Waals surface area contributed by atoms with Crippen LogP contribution >= 0.6 is 0 Å². The van der Waals surface area contributed by atoms with Crippen LogP contribution in [0.15, 0.2) is 33.4 Å². The van der Waals surface area contributed by atoms with E-state index in [9.17, 15) is 39.6 Å². The Bertz CT molecular complexity index is 1390. The first-order valence-corrected chi connectivity index (χ1v) is 17.7. The van der Waals surface area contributed by atoms with Crippen molar-refractivity contribution in [2.75, 3.05) is 0 Å². The van der Waals surface area contributed by atoms with Gasteiger partial charge in [0.25, 0.3) is 0 Å². The summed E-state index contributed by atoms with van der Waals surface area (Å²) in [5.41, 5.74) is 6.86. The van der Waals surface area contributed by atoms with Crippen LogP contribution in [-0.4, -0.2) is 92.6 Å². The predicted molar refractivity (Wildman–Crippen MR) is 180 cm³/mol. The summed E-state index contributed by atoms with van der Waals surface area (Å²) in [6.07, 6.45) is 5.05. The average molecular weight is 671 g/mol. The molecule has 12 heteroatoms. The summed E-state index contributed by atoms with van der Waals surface area (Å²) in [6.45, 7) is 8.50. The highest BCUT2D eigenvalue weighted by molar-refractivity contribution is 5.68. The van der Waals surface area contributed by atoms with Gasteiger partial charge in [-0.2, -0.15) is 0 Å². The number of aliphatic carboxylic acids is 4. The minimum atomic E-state index is -0.842. The highest BCUT2D eigenvalue weighted by Gasteiger charge is 2.46. The van der Waals surface area contributed by atoms with Gasteiger partial charge in [0.1, 0.15) is 0 Å². The number of nitrogens with one attached hydrogen (secondary N) is 4. The zero-order valence-electron chi connectivity index (χ0n) is 28.7. The van der Waals surface area contributed by atoms with E-state index in [4.69, 9.17) is 0 Å². The Morgan fingerprint density at radius 3 is 1.27 bits per heavy atom. The number of hydrogen-bond acceptors (Lipinski definition) is 8. The fourth-order valence-electron chi connectivity index (χ4n) is 9.58. The normalized spacial score (nSPS) is 35.1. The van der Waals surface area contributed by atoms with Crippen LogP contribution in [0.2, 0.25) is 0 Å². The van der Waals surface area contributed by atoms with Crippen molar-refractivity contribution in [3.8, 4) is 0 Å². The number of carboxylic acid groups (broad SMARTS) is 4. The summed E-state index contributed by atoms with van der Waals surface area (Å²) < 4.78 is 0. The molecule has 266 valence electrons. The van der Waals surface area contributed by atoms with E-state index in [0.717, 1.165) is 47.1 Å². The van der Waals surface area contributed by atoms with Crippen LogP contribution < -0.4 is 21.3 Å². The molecule has 5 aliphatic rings. The van der Waals surface area contributed by atoms with E-state index >= 15 is 0 Å². The molecule has 0 aromatic rings. The lowest BCUT2D eigenvalue weighted by Gasteiger charge is -2.28. The van der Waals surface area contributed by atoms with Gasteiger partial charge in [-0.25, -0.2) is 0 Å². The summed E-state index contributed by atoms with van der Waals surface area (Å²) in [6, 6.07) is 0.0375. The Morgan fingerprint density at radius 2 is 0.875 bits per heavy atom. The number of carbonyl (C=O) groups is 4. The average Bonchev–Trinajstić information content (AvgIpc) is 3.66. The van der Waals surface area contributed by atoms with Crippen molar-refractivity contribution < 1.29 is 39.6 Å². The van der Waals surface area contributed by atoms with E-state index in [1.807, 2.05) is 0 Å². The monoisotopic (exact) mass is 670 g/mol. The van der Waals surface area contributed by atoms with E-state index in [2.05, 4.69) is 49.0 Å². The summed E-state index contributed by atoms with van der Waals surface area (Å²) in [5, 5.41) is 53.8. The van der Waals surface area contributed by atoms with Gasteiger partial charge in [-0.15, -0.1) is 0 Å². The third-order valence-corrected chi connectivity index (χ3v) is 12.2. The van der Waals surface area contributed by atoms with Crippen LogP contribution in [0.25, 0.3) is 0 Å². The van der Waals surface area contributed by atoms with E-state index in [-0.39, 0.29) is 85.9 Å². The van der Waals surface area contributed by atoms with Crippen LogP contribution in [0.5, 0.6) is 0 Å². The molecule has 0 saturated carbocycles. The molecule has 8 N–H and O–H groups in total. The molecule has 2 saturated heterocycles. The van der Waals surface area contributed by atoms with Gasteiger partial charge in [0, 0.05) is 74.0 Å². The van der Waals surface area contributed by atoms with E-state index in [1.165, 1.54) is 5.57 Å². The quantitative estimate of drug-likeness (QED) is 0.141. The molecule has 0 aliphatic carbocycles. The van der Waals surface area contributed by atoms with Gasteiger partial charge in [-0.3, -0.25) is 19.2 Å². The number of carboxylic acids is 4. The van der Waals surface area contributed by atoms with Gasteiger partial charge in [-0.05, 0) is 84.0 Å². The van der Waals surface area contributed by atoms with Crippen molar-refractivity contribution >= 4 is 23.9 Å². The Hall–Kier alpha value is -3.06. The second-order valence-electron chi connectivity index (χ2n) is 14.9. The molecule has 0 amide bonds. The van der Waals surface area contributed by atoms with E-state index in [1.54, 1.807) is 0 Å². The van der Waals surface area contributed by atoms with Crippen LogP contribution in [0.4, 0.5) is 0 Å². The van der Waals surface area contributed by atoms with Gasteiger partial charge in [-0.1, -0.05) is 40.4 Å². The summed E-state index contributed by atoms with van der Waals surface area (Å²) >= 11 is 0. The molecular formula is C36H54N4O8. The first-order valence-electron chi connectivity index (χ1n) is 17.7. The van der Waals surface area contributed by atoms with Crippen molar-refractivity contribution in [2.45, 2.75) is 153 Å². The maximum absolute atomic E-state index is 11.7. The van der Waals surface area contributed by atoms with Gasteiger partial charge in [0.05, 0.1) is 0 Å².